The van der Waals surface area contributed by atoms with Crippen molar-refractivity contribution in [3.8, 4) is 0 Å². The summed E-state index contributed by atoms with van der Waals surface area (Å²) in [5.74, 6) is 1.10. The lowest BCUT2D eigenvalue weighted by Gasteiger charge is -2.15. The minimum Gasteiger partial charge on any atom is -0.474 e. The van der Waals surface area contributed by atoms with E-state index in [4.69, 9.17) is 24.4 Å². The zero-order valence-electron chi connectivity index (χ0n) is 25.9. The van der Waals surface area contributed by atoms with Crippen molar-refractivity contribution < 1.29 is 9.47 Å². The first kappa shape index (κ1) is 26.0. The van der Waals surface area contributed by atoms with Crippen molar-refractivity contribution in [1.29, 1.82) is 0 Å². The zero-order valence-corrected chi connectivity index (χ0v) is 25.9. The van der Waals surface area contributed by atoms with Crippen LogP contribution in [-0.2, 0) is 9.47 Å². The SMILES string of the molecule is c1cc(C2=N[C@H](c3ccc4ccc5cccc6ccc3c4c56)CO2)nc(C2=N[C@H](c3ccc4ccc5cccc6ccc3c4c56)CO2)c1. The van der Waals surface area contributed by atoms with E-state index in [1.165, 1.54) is 75.8 Å². The molecule has 1 aromatic heterocycles. The number of aromatic nitrogens is 1. The van der Waals surface area contributed by atoms with Crippen LogP contribution in [0.4, 0.5) is 0 Å². The summed E-state index contributed by atoms with van der Waals surface area (Å²) in [6, 6.07) is 45.2. The van der Waals surface area contributed by atoms with Crippen LogP contribution in [-0.4, -0.2) is 30.0 Å². The normalized spacial score (nSPS) is 18.0. The molecule has 2 aliphatic rings. The second-order valence-electron chi connectivity index (χ2n) is 13.0. The molecular weight excluding hydrogens is 590 g/mol. The summed E-state index contributed by atoms with van der Waals surface area (Å²) in [4.78, 5) is 15.1. The molecule has 48 heavy (non-hydrogen) atoms. The highest BCUT2D eigenvalue weighted by Gasteiger charge is 2.28. The van der Waals surface area contributed by atoms with Crippen molar-refractivity contribution in [3.05, 3.63) is 150 Å². The van der Waals surface area contributed by atoms with Crippen LogP contribution in [0.2, 0.25) is 0 Å². The lowest BCUT2D eigenvalue weighted by Crippen LogP contribution is -2.10. The standard InChI is InChI=1S/C43H27N3O2/c1-4-24-10-12-28-14-18-30(32-20-16-26(6-1)38(24)40(28)32)36-22-47-42(45-36)34-8-3-9-35(44-34)43-46-37(23-48-43)31-19-15-29-13-11-25-5-2-7-27-17-21-33(31)41(29)39(25)27/h1-21,36-37H,22-23H2/t36-,37-/m0/s1. The fourth-order valence-corrected chi connectivity index (χ4v) is 8.12. The predicted octanol–water partition coefficient (Wildman–Crippen LogP) is 9.91. The van der Waals surface area contributed by atoms with Crippen LogP contribution in [0.25, 0.3) is 64.6 Å². The molecule has 0 radical (unpaired) electrons. The number of pyridine rings is 1. The van der Waals surface area contributed by atoms with Crippen molar-refractivity contribution in [2.45, 2.75) is 12.1 Å². The lowest BCUT2D eigenvalue weighted by atomic mass is 9.90. The summed E-state index contributed by atoms with van der Waals surface area (Å²) in [5, 5.41) is 15.2. The van der Waals surface area contributed by atoms with Gasteiger partial charge >= 0.3 is 0 Å². The minimum absolute atomic E-state index is 0.117. The highest BCUT2D eigenvalue weighted by atomic mass is 16.5. The molecule has 9 aromatic rings. The van der Waals surface area contributed by atoms with Crippen LogP contribution in [0.15, 0.2) is 137 Å². The first-order valence-corrected chi connectivity index (χ1v) is 16.5. The molecule has 0 saturated heterocycles. The predicted molar refractivity (Wildman–Crippen MR) is 195 cm³/mol. The Morgan fingerprint density at radius 1 is 0.396 bits per heavy atom. The topological polar surface area (TPSA) is 56.1 Å². The van der Waals surface area contributed by atoms with Gasteiger partial charge in [0.25, 0.3) is 0 Å². The molecule has 0 amide bonds. The summed E-state index contributed by atoms with van der Waals surface area (Å²) in [6.07, 6.45) is 0. The van der Waals surface area contributed by atoms with Gasteiger partial charge in [0.2, 0.25) is 11.8 Å². The van der Waals surface area contributed by atoms with Gasteiger partial charge in [0.1, 0.15) is 36.7 Å². The number of aliphatic imine (C=N–C) groups is 2. The molecule has 5 nitrogen and oxygen atoms in total. The Balaban J connectivity index is 0.939. The number of rotatable bonds is 4. The first-order chi connectivity index (χ1) is 23.8. The van der Waals surface area contributed by atoms with E-state index < -0.39 is 0 Å². The van der Waals surface area contributed by atoms with Gasteiger partial charge in [-0.15, -0.1) is 0 Å². The van der Waals surface area contributed by atoms with E-state index in [0.717, 1.165) is 0 Å². The molecule has 226 valence electrons. The summed E-state index contributed by atoms with van der Waals surface area (Å²) in [5.41, 5.74) is 3.72. The second kappa shape index (κ2) is 9.72. The van der Waals surface area contributed by atoms with Gasteiger partial charge in [-0.3, -0.25) is 0 Å². The Morgan fingerprint density at radius 3 is 1.23 bits per heavy atom. The smallest absolute Gasteiger partial charge is 0.236 e. The Bertz CT molecular complexity index is 2600. The second-order valence-corrected chi connectivity index (χ2v) is 13.0. The quantitative estimate of drug-likeness (QED) is 0.185. The molecule has 0 spiro atoms. The number of hydrogen-bond acceptors (Lipinski definition) is 5. The molecule has 0 fully saturated rings. The monoisotopic (exact) mass is 617 g/mol. The van der Waals surface area contributed by atoms with Crippen LogP contribution >= 0.6 is 0 Å². The van der Waals surface area contributed by atoms with E-state index in [-0.39, 0.29) is 12.1 Å². The molecule has 0 bridgehead atoms. The van der Waals surface area contributed by atoms with Crippen molar-refractivity contribution in [2.75, 3.05) is 13.2 Å². The summed E-state index contributed by atoms with van der Waals surface area (Å²) < 4.78 is 12.4. The molecule has 0 unspecified atom stereocenters. The Hall–Kier alpha value is -6.07. The van der Waals surface area contributed by atoms with E-state index >= 15 is 0 Å². The molecule has 2 atom stereocenters. The van der Waals surface area contributed by atoms with Crippen LogP contribution in [0.5, 0.6) is 0 Å². The molecular formula is C43H27N3O2. The molecule has 5 heteroatoms. The maximum atomic E-state index is 6.22. The zero-order chi connectivity index (χ0) is 31.3. The van der Waals surface area contributed by atoms with Gasteiger partial charge in [-0.2, -0.15) is 0 Å². The molecule has 0 N–H and O–H groups in total. The van der Waals surface area contributed by atoms with Gasteiger partial charge in [0.05, 0.1) is 0 Å². The van der Waals surface area contributed by atoms with Gasteiger partial charge in [-0.25, -0.2) is 15.0 Å². The fourth-order valence-electron chi connectivity index (χ4n) is 8.12. The molecule has 8 aromatic carbocycles. The van der Waals surface area contributed by atoms with Crippen LogP contribution < -0.4 is 0 Å². The van der Waals surface area contributed by atoms with E-state index in [1.54, 1.807) is 0 Å². The Labute approximate surface area is 275 Å². The van der Waals surface area contributed by atoms with Crippen molar-refractivity contribution in [1.82, 2.24) is 4.98 Å². The van der Waals surface area contributed by atoms with E-state index in [0.29, 0.717) is 36.4 Å². The van der Waals surface area contributed by atoms with Crippen molar-refractivity contribution in [2.24, 2.45) is 9.98 Å². The highest BCUT2D eigenvalue weighted by Crippen LogP contribution is 2.41. The third kappa shape index (κ3) is 3.70. The lowest BCUT2D eigenvalue weighted by molar-refractivity contribution is 0.318. The summed E-state index contributed by atoms with van der Waals surface area (Å²) in [6.45, 7) is 0.943. The maximum absolute atomic E-state index is 6.22. The average molecular weight is 618 g/mol. The first-order valence-electron chi connectivity index (χ1n) is 16.5. The largest absolute Gasteiger partial charge is 0.474 e. The molecule has 0 saturated carbocycles. The van der Waals surface area contributed by atoms with Crippen LogP contribution in [0, 0.1) is 0 Å². The van der Waals surface area contributed by atoms with Crippen molar-refractivity contribution >= 4 is 76.4 Å². The van der Waals surface area contributed by atoms with Crippen LogP contribution in [0.3, 0.4) is 0 Å². The third-order valence-electron chi connectivity index (χ3n) is 10.3. The van der Waals surface area contributed by atoms with E-state index in [2.05, 4.69) is 109 Å². The summed E-state index contributed by atoms with van der Waals surface area (Å²) in [7, 11) is 0. The molecule has 0 aliphatic carbocycles. The third-order valence-corrected chi connectivity index (χ3v) is 10.3. The van der Waals surface area contributed by atoms with E-state index in [9.17, 15) is 0 Å². The van der Waals surface area contributed by atoms with Gasteiger partial charge < -0.3 is 9.47 Å². The highest BCUT2D eigenvalue weighted by molar-refractivity contribution is 6.24. The van der Waals surface area contributed by atoms with E-state index in [1.807, 2.05) is 18.2 Å². The maximum Gasteiger partial charge on any atom is 0.236 e. The van der Waals surface area contributed by atoms with Gasteiger partial charge in [-0.1, -0.05) is 115 Å². The molecule has 2 aliphatic heterocycles. The summed E-state index contributed by atoms with van der Waals surface area (Å²) >= 11 is 0. The number of ether oxygens (including phenoxy) is 2. The fraction of sp³-hybridized carbons (Fsp3) is 0.0930. The average Bonchev–Trinajstić information content (AvgIpc) is 3.84. The van der Waals surface area contributed by atoms with Gasteiger partial charge in [-0.05, 0) is 87.9 Å². The Kier molecular flexibility index (Phi) is 5.28. The van der Waals surface area contributed by atoms with Crippen molar-refractivity contribution in [3.63, 3.8) is 0 Å². The molecule has 3 heterocycles. The van der Waals surface area contributed by atoms with Crippen LogP contribution in [0.1, 0.15) is 34.6 Å². The number of hydrogen-bond donors (Lipinski definition) is 0. The Morgan fingerprint density at radius 2 is 0.771 bits per heavy atom. The number of benzene rings is 8. The van der Waals surface area contributed by atoms with Gasteiger partial charge in [0, 0.05) is 0 Å². The number of nitrogens with zero attached hydrogens (tertiary/aromatic N) is 3. The van der Waals surface area contributed by atoms with Gasteiger partial charge in [0.15, 0.2) is 0 Å². The molecule has 11 rings (SSSR count). The minimum atomic E-state index is -0.117.